The highest BCUT2D eigenvalue weighted by atomic mass is 28.4. The van der Waals surface area contributed by atoms with Crippen molar-refractivity contribution in [1.82, 2.24) is 0 Å². The van der Waals surface area contributed by atoms with Crippen LogP contribution in [0.2, 0.25) is 77.1 Å². The van der Waals surface area contributed by atoms with Crippen molar-refractivity contribution in [3.63, 3.8) is 0 Å². The van der Waals surface area contributed by atoms with Crippen molar-refractivity contribution in [2.24, 2.45) is 0 Å². The summed E-state index contributed by atoms with van der Waals surface area (Å²) in [5.74, 6) is 1.28. The highest BCUT2D eigenvalue weighted by Crippen LogP contribution is 2.32. The largest absolute Gasteiger partial charge is 0.508 e. The Morgan fingerprint density at radius 3 is 1.28 bits per heavy atom. The van der Waals surface area contributed by atoms with E-state index in [1.165, 1.54) is 11.6 Å². The third-order valence-electron chi connectivity index (χ3n) is 12.9. The molecule has 0 heterocycles. The Morgan fingerprint density at radius 1 is 0.434 bits per heavy atom. The number of phenolic OH excluding ortho intramolecular Hbond substituents is 1. The molecule has 0 aliphatic carbocycles. The van der Waals surface area contributed by atoms with Crippen LogP contribution in [-0.2, 0) is 69.6 Å². The molecule has 416 valence electrons. The molecular weight excluding hydrogens is 1020 g/mol. The minimum atomic E-state index is -1.91. The van der Waals surface area contributed by atoms with Gasteiger partial charge < -0.3 is 47.6 Å². The number of aliphatic hydroxyl groups is 2. The SMILES string of the molecule is CCCCc1ccc(OC(=O)Cc2ccc(CC(=O)Oc3ccc(CCC[Si](C)(C)O[Si](C)(C)CCCc4ccc(O)c(CO)c4)cc3OC)cc2)c(CO)c1.COc1cc(CCC[Si](C)(C)O[Si](C)(C)C)ccc1O. The van der Waals surface area contributed by atoms with Crippen molar-refractivity contribution in [3.8, 4) is 34.5 Å². The molecule has 4 N–H and O–H groups in total. The maximum atomic E-state index is 12.9. The topological polar surface area (TPSA) is 170 Å². The molecule has 0 bridgehead atoms. The highest BCUT2D eigenvalue weighted by Gasteiger charge is 2.33. The van der Waals surface area contributed by atoms with Gasteiger partial charge in [-0.2, -0.15) is 0 Å². The Hall–Kier alpha value is -5.05. The molecule has 5 rings (SSSR count). The minimum absolute atomic E-state index is 0.0556. The van der Waals surface area contributed by atoms with Gasteiger partial charge in [0.1, 0.15) is 11.5 Å². The average Bonchev–Trinajstić information content (AvgIpc) is 3.34. The average molecular weight is 1110 g/mol. The van der Waals surface area contributed by atoms with Crippen LogP contribution in [0.15, 0.2) is 97.1 Å². The number of methoxy groups -OCH3 is 2. The first-order valence-corrected chi connectivity index (χ1v) is 39.7. The molecule has 0 unspecified atom stereocenters. The van der Waals surface area contributed by atoms with E-state index in [0.29, 0.717) is 34.1 Å². The highest BCUT2D eigenvalue weighted by molar-refractivity contribution is 6.85. The van der Waals surface area contributed by atoms with Crippen molar-refractivity contribution >= 4 is 45.2 Å². The molecule has 0 atom stereocenters. The molecular formula is C60H88O12Si4. The number of carbonyl (C=O) groups is 2. The summed E-state index contributed by atoms with van der Waals surface area (Å²) in [6.07, 6.45) is 9.01. The van der Waals surface area contributed by atoms with Gasteiger partial charge in [0, 0.05) is 11.1 Å². The second-order valence-corrected chi connectivity index (χ2v) is 40.5. The fourth-order valence-corrected chi connectivity index (χ4v) is 26.4. The van der Waals surface area contributed by atoms with Gasteiger partial charge in [0.2, 0.25) is 0 Å². The van der Waals surface area contributed by atoms with E-state index in [9.17, 15) is 30.0 Å². The van der Waals surface area contributed by atoms with Gasteiger partial charge in [-0.05, 0) is 210 Å². The molecule has 0 aromatic heterocycles. The lowest BCUT2D eigenvalue weighted by Crippen LogP contribution is -2.44. The van der Waals surface area contributed by atoms with Crippen LogP contribution in [0.25, 0.3) is 0 Å². The summed E-state index contributed by atoms with van der Waals surface area (Å²) >= 11 is 0. The van der Waals surface area contributed by atoms with Crippen LogP contribution in [0.4, 0.5) is 0 Å². The summed E-state index contributed by atoms with van der Waals surface area (Å²) in [6.45, 7) is 22.3. The minimum Gasteiger partial charge on any atom is -0.508 e. The van der Waals surface area contributed by atoms with Crippen molar-refractivity contribution in [2.45, 2.75) is 168 Å². The second kappa shape index (κ2) is 30.2. The zero-order valence-electron chi connectivity index (χ0n) is 47.6. The van der Waals surface area contributed by atoms with Gasteiger partial charge in [0.05, 0.1) is 40.3 Å². The summed E-state index contributed by atoms with van der Waals surface area (Å²) in [5, 5.41) is 38.7. The molecule has 0 spiro atoms. The predicted octanol–water partition coefficient (Wildman–Crippen LogP) is 13.4. The van der Waals surface area contributed by atoms with Gasteiger partial charge >= 0.3 is 11.9 Å². The molecule has 76 heavy (non-hydrogen) atoms. The van der Waals surface area contributed by atoms with Crippen LogP contribution in [0.1, 0.15) is 83.5 Å². The summed E-state index contributed by atoms with van der Waals surface area (Å²) < 4.78 is 35.2. The first-order valence-electron chi connectivity index (χ1n) is 26.9. The number of rotatable bonds is 29. The maximum Gasteiger partial charge on any atom is 0.315 e. The standard InChI is InChI=1S/C45H60O9Si2.C15H28O3Si2/c1-7-8-11-33-19-22-41(39(27-33)32-47)52-44(49)29-36-14-16-37(17-15-36)30-45(50)53-42-23-20-35(28-43(42)51-2)13-10-25-56(5,6)54-55(3,4)24-9-12-34-18-21-40(48)38(26-34)31-46;1-17-15-12-13(9-10-14(15)16)8-7-11-20(5,6)18-19(2,3)4/h14-23,26-28,46-48H,7-13,24-25,29-32H2,1-6H3;9-10,12,16H,7-8,11H2,1-6H3. The molecule has 0 radical (unpaired) electrons. The Bertz CT molecular complexity index is 2610. The Kier molecular flexibility index (Phi) is 25.2. The Morgan fingerprint density at radius 2 is 0.816 bits per heavy atom. The summed E-state index contributed by atoms with van der Waals surface area (Å²) in [7, 11) is -3.63. The lowest BCUT2D eigenvalue weighted by atomic mass is 10.0. The first-order chi connectivity index (χ1) is 35.9. The van der Waals surface area contributed by atoms with Crippen LogP contribution in [0, 0.1) is 0 Å². The van der Waals surface area contributed by atoms with Crippen LogP contribution < -0.4 is 18.9 Å². The number of benzene rings is 5. The maximum absolute atomic E-state index is 12.9. The second-order valence-electron chi connectivity index (χ2n) is 22.6. The molecule has 0 amide bonds. The molecule has 12 nitrogen and oxygen atoms in total. The predicted molar refractivity (Wildman–Crippen MR) is 315 cm³/mol. The van der Waals surface area contributed by atoms with E-state index < -0.39 is 45.2 Å². The normalized spacial score (nSPS) is 11.9. The number of aryl methyl sites for hydroxylation is 4. The van der Waals surface area contributed by atoms with Gasteiger partial charge in [-0.25, -0.2) is 0 Å². The summed E-state index contributed by atoms with van der Waals surface area (Å²) in [4.78, 5) is 25.6. The van der Waals surface area contributed by atoms with Crippen molar-refractivity contribution in [2.75, 3.05) is 14.2 Å². The third kappa shape index (κ3) is 22.9. The van der Waals surface area contributed by atoms with Crippen molar-refractivity contribution in [3.05, 3.63) is 142 Å². The fraction of sp³-hybridized carbons (Fsp3) is 0.467. The monoisotopic (exact) mass is 1110 g/mol. The number of carbonyl (C=O) groups excluding carboxylic acids is 2. The van der Waals surface area contributed by atoms with Gasteiger partial charge in [-0.15, -0.1) is 0 Å². The van der Waals surface area contributed by atoms with E-state index in [1.807, 2.05) is 48.5 Å². The lowest BCUT2D eigenvalue weighted by Gasteiger charge is -2.34. The first kappa shape index (κ1) is 63.5. The molecule has 0 aliphatic heterocycles. The van der Waals surface area contributed by atoms with E-state index in [2.05, 4.69) is 65.8 Å². The van der Waals surface area contributed by atoms with Crippen LogP contribution in [0.3, 0.4) is 0 Å². The number of hydrogen-bond acceptors (Lipinski definition) is 12. The van der Waals surface area contributed by atoms with E-state index in [4.69, 9.17) is 27.2 Å². The van der Waals surface area contributed by atoms with Gasteiger partial charge in [-0.3, -0.25) is 9.59 Å². The molecule has 5 aromatic rings. The van der Waals surface area contributed by atoms with Crippen molar-refractivity contribution in [1.29, 1.82) is 0 Å². The summed E-state index contributed by atoms with van der Waals surface area (Å²) in [6, 6.07) is 32.7. The number of aromatic hydroxyl groups is 2. The number of ether oxygens (including phenoxy) is 4. The third-order valence-corrected chi connectivity index (χ3v) is 26.7. The van der Waals surface area contributed by atoms with Crippen molar-refractivity contribution < 1.29 is 57.2 Å². The molecule has 0 fully saturated rings. The molecule has 0 aliphatic rings. The van der Waals surface area contributed by atoms with Gasteiger partial charge in [0.15, 0.2) is 56.3 Å². The lowest BCUT2D eigenvalue weighted by molar-refractivity contribution is -0.134. The van der Waals surface area contributed by atoms with E-state index in [0.717, 1.165) is 97.7 Å². The van der Waals surface area contributed by atoms with E-state index in [-0.39, 0.29) is 37.6 Å². The zero-order valence-corrected chi connectivity index (χ0v) is 51.6. The quantitative estimate of drug-likeness (QED) is 0.0203. The van der Waals surface area contributed by atoms with Crippen LogP contribution in [0.5, 0.6) is 34.5 Å². The smallest absolute Gasteiger partial charge is 0.315 e. The Labute approximate surface area is 458 Å². The molecule has 0 saturated carbocycles. The van der Waals surface area contributed by atoms with E-state index in [1.54, 1.807) is 62.8 Å². The number of unbranched alkanes of at least 4 members (excludes halogenated alkanes) is 1. The number of esters is 2. The van der Waals surface area contributed by atoms with Crippen LogP contribution in [-0.4, -0.2) is 79.9 Å². The van der Waals surface area contributed by atoms with Gasteiger partial charge in [0.25, 0.3) is 0 Å². The summed E-state index contributed by atoms with van der Waals surface area (Å²) in [5.41, 5.74) is 7.19. The molecule has 5 aromatic carbocycles. The van der Waals surface area contributed by atoms with E-state index >= 15 is 0 Å². The van der Waals surface area contributed by atoms with Gasteiger partial charge in [-0.1, -0.05) is 61.9 Å². The van der Waals surface area contributed by atoms with Crippen LogP contribution >= 0.6 is 0 Å². The number of phenols is 2. The number of hydrogen-bond donors (Lipinski definition) is 4. The molecule has 16 heteroatoms. The zero-order chi connectivity index (χ0) is 56.1. The molecule has 0 saturated heterocycles. The Balaban J connectivity index is 0.000000523. The number of aliphatic hydroxyl groups excluding tert-OH is 2. The fourth-order valence-electron chi connectivity index (χ4n) is 9.45.